The highest BCUT2D eigenvalue weighted by atomic mass is 16.4. The monoisotopic (exact) mass is 157 g/mol. The Labute approximate surface area is 66.9 Å². The van der Waals surface area contributed by atoms with Gasteiger partial charge in [0, 0.05) is 0 Å². The van der Waals surface area contributed by atoms with Crippen molar-refractivity contribution in [1.82, 2.24) is 0 Å². The Balaban J connectivity index is 4.27. The molecule has 0 saturated heterocycles. The predicted octanol–water partition coefficient (Wildman–Crippen LogP) is 1.00. The molecule has 0 aliphatic carbocycles. The maximum absolute atomic E-state index is 10.5. The zero-order valence-electron chi connectivity index (χ0n) is 7.00. The van der Waals surface area contributed by atoms with Crippen LogP contribution in [0.25, 0.3) is 0 Å². The third-order valence-corrected chi connectivity index (χ3v) is 1.78. The predicted molar refractivity (Wildman–Crippen MR) is 44.2 cm³/mol. The summed E-state index contributed by atoms with van der Waals surface area (Å²) in [4.78, 5) is 10.5. The Kier molecular flexibility index (Phi) is 3.26. The lowest BCUT2D eigenvalue weighted by atomic mass is 9.82. The number of carbonyl (C=O) groups is 1. The number of rotatable bonds is 4. The van der Waals surface area contributed by atoms with Crippen molar-refractivity contribution in [3.05, 3.63) is 12.7 Å². The molecule has 0 aliphatic heterocycles. The first-order valence-electron chi connectivity index (χ1n) is 3.51. The van der Waals surface area contributed by atoms with Crippen LogP contribution in [0.1, 0.15) is 20.3 Å². The molecule has 0 bridgehead atoms. The van der Waals surface area contributed by atoms with Gasteiger partial charge in [0.2, 0.25) is 0 Å². The molecule has 0 aromatic carbocycles. The average molecular weight is 157 g/mol. The lowest BCUT2D eigenvalue weighted by Crippen LogP contribution is -2.43. The molecule has 0 heterocycles. The van der Waals surface area contributed by atoms with Crippen molar-refractivity contribution in [2.75, 3.05) is 0 Å². The molecule has 3 N–H and O–H groups in total. The molecular formula is C8H15NO2. The Hall–Kier alpha value is -0.830. The van der Waals surface area contributed by atoms with E-state index in [2.05, 4.69) is 6.58 Å². The van der Waals surface area contributed by atoms with Gasteiger partial charge in [0.25, 0.3) is 0 Å². The van der Waals surface area contributed by atoms with E-state index in [0.717, 1.165) is 0 Å². The summed E-state index contributed by atoms with van der Waals surface area (Å²) in [5, 5.41) is 8.58. The van der Waals surface area contributed by atoms with E-state index in [9.17, 15) is 4.79 Å². The smallest absolute Gasteiger partial charge is 0.321 e. The van der Waals surface area contributed by atoms with Gasteiger partial charge in [-0.3, -0.25) is 4.79 Å². The van der Waals surface area contributed by atoms with Crippen molar-refractivity contribution < 1.29 is 9.90 Å². The molecule has 0 aromatic rings. The molecule has 0 spiro atoms. The number of allylic oxidation sites excluding steroid dienone is 1. The van der Waals surface area contributed by atoms with Crippen LogP contribution in [0.15, 0.2) is 12.7 Å². The molecule has 3 heteroatoms. The summed E-state index contributed by atoms with van der Waals surface area (Å²) in [6.45, 7) is 7.17. The molecule has 0 rings (SSSR count). The third kappa shape index (κ3) is 2.72. The van der Waals surface area contributed by atoms with Crippen molar-refractivity contribution >= 4 is 5.97 Å². The number of hydrogen-bond donors (Lipinski definition) is 2. The molecule has 0 fully saturated rings. The maximum atomic E-state index is 10.5. The molecule has 3 nitrogen and oxygen atoms in total. The Morgan fingerprint density at radius 2 is 2.27 bits per heavy atom. The van der Waals surface area contributed by atoms with Crippen molar-refractivity contribution in [3.8, 4) is 0 Å². The number of hydrogen-bond acceptors (Lipinski definition) is 2. The van der Waals surface area contributed by atoms with Gasteiger partial charge in [-0.05, 0) is 11.8 Å². The van der Waals surface area contributed by atoms with Gasteiger partial charge in [-0.1, -0.05) is 19.9 Å². The molecule has 0 aromatic heterocycles. The highest BCUT2D eigenvalue weighted by Crippen LogP contribution is 2.24. The van der Waals surface area contributed by atoms with Gasteiger partial charge in [0.15, 0.2) is 0 Å². The summed E-state index contributed by atoms with van der Waals surface area (Å²) >= 11 is 0. The van der Waals surface area contributed by atoms with Gasteiger partial charge in [-0.2, -0.15) is 0 Å². The summed E-state index contributed by atoms with van der Waals surface area (Å²) in [5.74, 6) is -0.961. The van der Waals surface area contributed by atoms with Crippen LogP contribution in [-0.2, 0) is 4.79 Å². The number of carboxylic acid groups (broad SMARTS) is 1. The van der Waals surface area contributed by atoms with E-state index in [-0.39, 0.29) is 0 Å². The Morgan fingerprint density at radius 3 is 2.55 bits per heavy atom. The minimum Gasteiger partial charge on any atom is -0.480 e. The van der Waals surface area contributed by atoms with E-state index >= 15 is 0 Å². The van der Waals surface area contributed by atoms with Crippen LogP contribution >= 0.6 is 0 Å². The first kappa shape index (κ1) is 10.2. The Bertz CT molecular complexity index is 163. The lowest BCUT2D eigenvalue weighted by Gasteiger charge is -2.26. The van der Waals surface area contributed by atoms with E-state index in [1.807, 2.05) is 13.8 Å². The highest BCUT2D eigenvalue weighted by molar-refractivity contribution is 5.74. The maximum Gasteiger partial charge on any atom is 0.321 e. The molecule has 0 amide bonds. The van der Waals surface area contributed by atoms with Gasteiger partial charge in [0.1, 0.15) is 6.04 Å². The molecule has 0 aliphatic rings. The standard InChI is InChI=1S/C8H15NO2/c1-4-5-8(2,3)6(9)7(10)11/h4,6H,1,5,9H2,2-3H3,(H,10,11). The SMILES string of the molecule is C=CCC(C)(C)C(N)C(=O)O. The van der Waals surface area contributed by atoms with Gasteiger partial charge >= 0.3 is 5.97 Å². The van der Waals surface area contributed by atoms with Gasteiger partial charge < -0.3 is 10.8 Å². The van der Waals surface area contributed by atoms with Crippen molar-refractivity contribution in [3.63, 3.8) is 0 Å². The largest absolute Gasteiger partial charge is 0.480 e. The molecular weight excluding hydrogens is 142 g/mol. The van der Waals surface area contributed by atoms with E-state index in [0.29, 0.717) is 6.42 Å². The summed E-state index contributed by atoms with van der Waals surface area (Å²) in [6.07, 6.45) is 2.29. The topological polar surface area (TPSA) is 63.3 Å². The fourth-order valence-corrected chi connectivity index (χ4v) is 0.833. The van der Waals surface area contributed by atoms with E-state index < -0.39 is 17.4 Å². The van der Waals surface area contributed by atoms with Crippen LogP contribution in [0.4, 0.5) is 0 Å². The first-order chi connectivity index (χ1) is 4.91. The summed E-state index contributed by atoms with van der Waals surface area (Å²) in [7, 11) is 0. The van der Waals surface area contributed by atoms with Crippen LogP contribution in [0.3, 0.4) is 0 Å². The molecule has 64 valence electrons. The van der Waals surface area contributed by atoms with Gasteiger partial charge in [-0.25, -0.2) is 0 Å². The molecule has 1 atom stereocenters. The van der Waals surface area contributed by atoms with E-state index in [1.54, 1.807) is 6.08 Å². The lowest BCUT2D eigenvalue weighted by molar-refractivity contribution is -0.141. The zero-order chi connectivity index (χ0) is 9.07. The minimum atomic E-state index is -0.961. The number of carboxylic acids is 1. The summed E-state index contributed by atoms with van der Waals surface area (Å²) in [6, 6.07) is -0.819. The van der Waals surface area contributed by atoms with Gasteiger partial charge in [-0.15, -0.1) is 6.58 Å². The van der Waals surface area contributed by atoms with Gasteiger partial charge in [0.05, 0.1) is 0 Å². The molecule has 0 saturated carbocycles. The van der Waals surface area contributed by atoms with Crippen molar-refractivity contribution in [2.45, 2.75) is 26.3 Å². The van der Waals surface area contributed by atoms with Crippen molar-refractivity contribution in [1.29, 1.82) is 0 Å². The fraction of sp³-hybridized carbons (Fsp3) is 0.625. The zero-order valence-corrected chi connectivity index (χ0v) is 7.00. The van der Waals surface area contributed by atoms with Crippen LogP contribution in [0, 0.1) is 5.41 Å². The highest BCUT2D eigenvalue weighted by Gasteiger charge is 2.30. The van der Waals surface area contributed by atoms with Crippen LogP contribution in [-0.4, -0.2) is 17.1 Å². The summed E-state index contributed by atoms with van der Waals surface area (Å²) < 4.78 is 0. The first-order valence-corrected chi connectivity index (χ1v) is 3.51. The molecule has 1 unspecified atom stereocenters. The normalized spacial score (nSPS) is 14.1. The van der Waals surface area contributed by atoms with E-state index in [4.69, 9.17) is 10.8 Å². The number of aliphatic carboxylic acids is 1. The second-order valence-corrected chi connectivity index (χ2v) is 3.30. The number of nitrogens with two attached hydrogens (primary N) is 1. The minimum absolute atomic E-state index is 0.409. The molecule has 11 heavy (non-hydrogen) atoms. The van der Waals surface area contributed by atoms with Crippen LogP contribution in [0.5, 0.6) is 0 Å². The second kappa shape index (κ2) is 3.53. The van der Waals surface area contributed by atoms with Crippen LogP contribution < -0.4 is 5.73 Å². The van der Waals surface area contributed by atoms with Crippen LogP contribution in [0.2, 0.25) is 0 Å². The van der Waals surface area contributed by atoms with E-state index in [1.165, 1.54) is 0 Å². The third-order valence-electron chi connectivity index (χ3n) is 1.78. The second-order valence-electron chi connectivity index (χ2n) is 3.30. The molecule has 0 radical (unpaired) electrons. The van der Waals surface area contributed by atoms with Crippen molar-refractivity contribution in [2.24, 2.45) is 11.1 Å². The average Bonchev–Trinajstić information content (AvgIpc) is 1.86. The fourth-order valence-electron chi connectivity index (χ4n) is 0.833. The quantitative estimate of drug-likeness (QED) is 0.598. The Morgan fingerprint density at radius 1 is 1.82 bits per heavy atom. The summed E-state index contributed by atoms with van der Waals surface area (Å²) in [5.41, 5.74) is 5.02.